The monoisotopic (exact) mass is 256 g/mol. The Morgan fingerprint density at radius 2 is 2.05 bits per heavy atom. The molecule has 4 heteroatoms. The molecular formula is C15H16N2O2. The van der Waals surface area contributed by atoms with Crippen LogP contribution in [0.2, 0.25) is 0 Å². The van der Waals surface area contributed by atoms with Gasteiger partial charge in [0.25, 0.3) is 0 Å². The van der Waals surface area contributed by atoms with Crippen molar-refractivity contribution in [2.45, 2.75) is 19.4 Å². The average Bonchev–Trinajstić information content (AvgIpc) is 2.96. The van der Waals surface area contributed by atoms with Crippen LogP contribution >= 0.6 is 0 Å². The molecule has 1 aromatic carbocycles. The van der Waals surface area contributed by atoms with E-state index in [4.69, 9.17) is 4.42 Å². The fourth-order valence-corrected chi connectivity index (χ4v) is 2.20. The van der Waals surface area contributed by atoms with Gasteiger partial charge in [-0.25, -0.2) is 4.98 Å². The van der Waals surface area contributed by atoms with Crippen LogP contribution in [-0.2, 0) is 12.6 Å². The Bertz CT molecular complexity index is 719. The first-order valence-electron chi connectivity index (χ1n) is 6.20. The highest BCUT2D eigenvalue weighted by Gasteiger charge is 2.18. The fraction of sp³-hybridized carbons (Fsp3) is 0.267. The Morgan fingerprint density at radius 3 is 2.68 bits per heavy atom. The highest BCUT2D eigenvalue weighted by Crippen LogP contribution is 2.28. The highest BCUT2D eigenvalue weighted by atomic mass is 16.3. The first-order valence-corrected chi connectivity index (χ1v) is 6.20. The first-order chi connectivity index (χ1) is 8.97. The molecule has 19 heavy (non-hydrogen) atoms. The van der Waals surface area contributed by atoms with Gasteiger partial charge >= 0.3 is 0 Å². The van der Waals surface area contributed by atoms with Gasteiger partial charge in [0.15, 0.2) is 11.6 Å². The van der Waals surface area contributed by atoms with Gasteiger partial charge in [-0.15, -0.1) is 0 Å². The number of benzene rings is 1. The maximum Gasteiger partial charge on any atom is 0.176 e. The minimum atomic E-state index is -0.858. The second-order valence-electron chi connectivity index (χ2n) is 5.23. The van der Waals surface area contributed by atoms with Gasteiger partial charge in [-0.3, -0.25) is 0 Å². The topological polar surface area (TPSA) is 51.2 Å². The third-order valence-electron chi connectivity index (χ3n) is 3.33. The molecule has 0 saturated heterocycles. The van der Waals surface area contributed by atoms with Gasteiger partial charge in [-0.1, -0.05) is 6.07 Å². The van der Waals surface area contributed by atoms with Crippen molar-refractivity contribution < 1.29 is 9.52 Å². The summed E-state index contributed by atoms with van der Waals surface area (Å²) in [6, 6.07) is 9.53. The lowest BCUT2D eigenvalue weighted by molar-refractivity contribution is 0.0787. The number of rotatable bonds is 2. The number of aryl methyl sites for hydroxylation is 1. The van der Waals surface area contributed by atoms with Gasteiger partial charge in [0.1, 0.15) is 0 Å². The fourth-order valence-electron chi connectivity index (χ4n) is 2.20. The molecule has 98 valence electrons. The highest BCUT2D eigenvalue weighted by molar-refractivity contribution is 5.80. The van der Waals surface area contributed by atoms with Crippen molar-refractivity contribution in [3.8, 4) is 11.6 Å². The second kappa shape index (κ2) is 3.96. The van der Waals surface area contributed by atoms with Crippen molar-refractivity contribution in [2.75, 3.05) is 0 Å². The van der Waals surface area contributed by atoms with E-state index in [1.807, 2.05) is 41.9 Å². The van der Waals surface area contributed by atoms with E-state index in [2.05, 4.69) is 4.98 Å². The molecular weight excluding hydrogens is 240 g/mol. The van der Waals surface area contributed by atoms with E-state index in [-0.39, 0.29) is 0 Å². The minimum absolute atomic E-state index is 0.739. The molecule has 0 saturated carbocycles. The summed E-state index contributed by atoms with van der Waals surface area (Å²) in [7, 11) is 1.95. The predicted octanol–water partition coefficient (Wildman–Crippen LogP) is 3.06. The van der Waals surface area contributed by atoms with Crippen LogP contribution in [0.4, 0.5) is 0 Å². The second-order valence-corrected chi connectivity index (χ2v) is 5.23. The number of furan rings is 1. The normalized spacial score (nSPS) is 12.2. The number of nitrogens with zero attached hydrogens (tertiary/aromatic N) is 2. The molecule has 0 atom stereocenters. The van der Waals surface area contributed by atoms with Crippen molar-refractivity contribution in [2.24, 2.45) is 7.05 Å². The SMILES string of the molecule is Cn1c(-c2ccco2)nc2ccc(C(C)(C)O)cc21. The van der Waals surface area contributed by atoms with Crippen molar-refractivity contribution in [1.82, 2.24) is 9.55 Å². The van der Waals surface area contributed by atoms with E-state index in [0.29, 0.717) is 0 Å². The predicted molar refractivity (Wildman–Crippen MR) is 73.7 cm³/mol. The minimum Gasteiger partial charge on any atom is -0.461 e. The Balaban J connectivity index is 2.22. The lowest BCUT2D eigenvalue weighted by atomic mass is 9.98. The van der Waals surface area contributed by atoms with Crippen LogP contribution in [0, 0.1) is 0 Å². The number of hydrogen-bond acceptors (Lipinski definition) is 3. The molecule has 0 fully saturated rings. The standard InChI is InChI=1S/C15H16N2O2/c1-15(2,18)10-6-7-11-12(9-10)17(3)14(16-11)13-5-4-8-19-13/h4-9,18H,1-3H3. The summed E-state index contributed by atoms with van der Waals surface area (Å²) in [5.74, 6) is 1.52. The Labute approximate surface area is 111 Å². The van der Waals surface area contributed by atoms with Gasteiger partial charge in [-0.2, -0.15) is 0 Å². The maximum absolute atomic E-state index is 10.1. The molecule has 0 unspecified atom stereocenters. The third kappa shape index (κ3) is 1.94. The summed E-state index contributed by atoms with van der Waals surface area (Å²) in [6.07, 6.45) is 1.64. The van der Waals surface area contributed by atoms with E-state index in [1.54, 1.807) is 20.1 Å². The summed E-state index contributed by atoms with van der Waals surface area (Å²) in [5.41, 5.74) is 1.88. The smallest absolute Gasteiger partial charge is 0.176 e. The number of aliphatic hydroxyl groups is 1. The summed E-state index contributed by atoms with van der Waals surface area (Å²) in [5, 5.41) is 10.1. The van der Waals surface area contributed by atoms with Crippen molar-refractivity contribution >= 4 is 11.0 Å². The summed E-state index contributed by atoms with van der Waals surface area (Å²) >= 11 is 0. The molecule has 3 aromatic rings. The molecule has 2 heterocycles. The molecule has 4 nitrogen and oxygen atoms in total. The summed E-state index contributed by atoms with van der Waals surface area (Å²) in [6.45, 7) is 3.55. The zero-order valence-corrected chi connectivity index (χ0v) is 11.2. The van der Waals surface area contributed by atoms with E-state index >= 15 is 0 Å². The zero-order valence-electron chi connectivity index (χ0n) is 11.2. The van der Waals surface area contributed by atoms with Crippen molar-refractivity contribution in [3.63, 3.8) is 0 Å². The van der Waals surface area contributed by atoms with E-state index < -0.39 is 5.60 Å². The molecule has 0 bridgehead atoms. The van der Waals surface area contributed by atoms with E-state index in [9.17, 15) is 5.11 Å². The Morgan fingerprint density at radius 1 is 1.26 bits per heavy atom. The maximum atomic E-state index is 10.1. The van der Waals surface area contributed by atoms with E-state index in [1.165, 1.54) is 0 Å². The van der Waals surface area contributed by atoms with Crippen LogP contribution in [0.3, 0.4) is 0 Å². The van der Waals surface area contributed by atoms with Crippen LogP contribution in [0.25, 0.3) is 22.6 Å². The van der Waals surface area contributed by atoms with Crippen molar-refractivity contribution in [3.05, 3.63) is 42.2 Å². The van der Waals surface area contributed by atoms with Gasteiger partial charge < -0.3 is 14.1 Å². The average molecular weight is 256 g/mol. The molecule has 0 amide bonds. The largest absolute Gasteiger partial charge is 0.461 e. The Kier molecular flexibility index (Phi) is 2.50. The molecule has 0 aliphatic rings. The van der Waals surface area contributed by atoms with Gasteiger partial charge in [0, 0.05) is 7.05 Å². The number of imidazole rings is 1. The molecule has 1 N–H and O–H groups in total. The van der Waals surface area contributed by atoms with Gasteiger partial charge in [0.2, 0.25) is 0 Å². The van der Waals surface area contributed by atoms with Crippen LogP contribution < -0.4 is 0 Å². The van der Waals surface area contributed by atoms with Gasteiger partial charge in [-0.05, 0) is 43.7 Å². The quantitative estimate of drug-likeness (QED) is 0.766. The lowest BCUT2D eigenvalue weighted by Gasteiger charge is -2.17. The van der Waals surface area contributed by atoms with Crippen LogP contribution in [0.1, 0.15) is 19.4 Å². The molecule has 0 aliphatic carbocycles. The summed E-state index contributed by atoms with van der Waals surface area (Å²) < 4.78 is 7.37. The zero-order chi connectivity index (χ0) is 13.6. The molecule has 2 aromatic heterocycles. The van der Waals surface area contributed by atoms with Crippen LogP contribution in [0.5, 0.6) is 0 Å². The number of hydrogen-bond donors (Lipinski definition) is 1. The molecule has 0 aliphatic heterocycles. The van der Waals surface area contributed by atoms with Crippen LogP contribution in [0.15, 0.2) is 41.0 Å². The number of aromatic nitrogens is 2. The van der Waals surface area contributed by atoms with Crippen LogP contribution in [-0.4, -0.2) is 14.7 Å². The molecule has 0 spiro atoms. The lowest BCUT2D eigenvalue weighted by Crippen LogP contribution is -2.15. The molecule has 0 radical (unpaired) electrons. The first kappa shape index (κ1) is 12.0. The summed E-state index contributed by atoms with van der Waals surface area (Å²) in [4.78, 5) is 4.57. The van der Waals surface area contributed by atoms with Crippen molar-refractivity contribution in [1.29, 1.82) is 0 Å². The van der Waals surface area contributed by atoms with E-state index in [0.717, 1.165) is 28.2 Å². The third-order valence-corrected chi connectivity index (χ3v) is 3.33. The number of fused-ring (bicyclic) bond motifs is 1. The van der Waals surface area contributed by atoms with Gasteiger partial charge in [0.05, 0.1) is 22.9 Å². The Hall–Kier alpha value is -2.07. The molecule has 3 rings (SSSR count).